The van der Waals surface area contributed by atoms with Crippen molar-refractivity contribution in [1.82, 2.24) is 19.9 Å². The van der Waals surface area contributed by atoms with Crippen LogP contribution in [0, 0.1) is 0 Å². The third kappa shape index (κ3) is 4.00. The lowest BCUT2D eigenvalue weighted by molar-refractivity contribution is 0.555. The van der Waals surface area contributed by atoms with Crippen LogP contribution in [0.3, 0.4) is 0 Å². The number of rotatable bonds is 2. The number of fused-ring (bicyclic) bond motifs is 8. The van der Waals surface area contributed by atoms with Crippen LogP contribution in [-0.4, -0.2) is 19.9 Å². The van der Waals surface area contributed by atoms with Crippen LogP contribution in [-0.2, 0) is 21.7 Å². The zero-order chi connectivity index (χ0) is 28.5. The molecule has 1 aliphatic heterocycles. The van der Waals surface area contributed by atoms with Gasteiger partial charge in [0.05, 0.1) is 5.69 Å². The molecule has 6 nitrogen and oxygen atoms in total. The first-order valence-corrected chi connectivity index (χ1v) is 14.1. The molecule has 40 heavy (non-hydrogen) atoms. The number of azo groups is 1. The Morgan fingerprint density at radius 3 is 1.27 bits per heavy atom. The molecule has 0 radical (unpaired) electrons. The van der Waals surface area contributed by atoms with Gasteiger partial charge in [0.1, 0.15) is 0 Å². The van der Waals surface area contributed by atoms with Gasteiger partial charge in [0.15, 0.2) is 5.82 Å². The molecule has 5 aromatic rings. The van der Waals surface area contributed by atoms with Gasteiger partial charge in [-0.3, -0.25) is 0 Å². The molecule has 0 saturated carbocycles. The van der Waals surface area contributed by atoms with Crippen LogP contribution >= 0.6 is 0 Å². The molecule has 0 spiro atoms. The fraction of sp³-hybridized carbons (Fsp3) is 0.353. The lowest BCUT2D eigenvalue weighted by atomic mass is 9.80. The van der Waals surface area contributed by atoms with E-state index in [-0.39, 0.29) is 21.7 Å². The second-order valence-electron chi connectivity index (χ2n) is 13.3. The van der Waals surface area contributed by atoms with E-state index in [9.17, 15) is 0 Å². The first-order valence-electron chi connectivity index (χ1n) is 14.1. The Morgan fingerprint density at radius 1 is 0.425 bits per heavy atom. The van der Waals surface area contributed by atoms with Crippen molar-refractivity contribution in [3.8, 4) is 0 Å². The first-order chi connectivity index (χ1) is 18.8. The highest BCUT2D eigenvalue weighted by molar-refractivity contribution is 5.54. The summed E-state index contributed by atoms with van der Waals surface area (Å²) in [5.74, 6) is 0.775. The van der Waals surface area contributed by atoms with E-state index in [1.165, 1.54) is 22.8 Å². The van der Waals surface area contributed by atoms with Crippen LogP contribution in [0.1, 0.15) is 101 Å². The summed E-state index contributed by atoms with van der Waals surface area (Å²) in [5, 5.41) is 9.37. The molecule has 0 saturated heterocycles. The van der Waals surface area contributed by atoms with Gasteiger partial charge in [-0.25, -0.2) is 0 Å². The number of H-pyrrole nitrogens is 4. The minimum Gasteiger partial charge on any atom is -0.361 e. The Balaban J connectivity index is 1.58. The maximum atomic E-state index is 4.77. The third-order valence-corrected chi connectivity index (χ3v) is 9.26. The zero-order valence-electron chi connectivity index (χ0n) is 24.8. The molecule has 4 N–H and O–H groups in total. The maximum absolute atomic E-state index is 4.77. The number of hydrogen-bond acceptors (Lipinski definition) is 2. The molecule has 1 aliphatic rings. The van der Waals surface area contributed by atoms with E-state index >= 15 is 0 Å². The quantitative estimate of drug-likeness (QED) is 0.163. The van der Waals surface area contributed by atoms with Crippen molar-refractivity contribution in [2.45, 2.75) is 77.0 Å². The summed E-state index contributed by atoms with van der Waals surface area (Å²) in [6.45, 7) is 18.1. The van der Waals surface area contributed by atoms with Gasteiger partial charge in [-0.1, -0.05) is 32.0 Å². The molecule has 5 heterocycles. The molecule has 6 rings (SSSR count). The van der Waals surface area contributed by atoms with Crippen molar-refractivity contribution in [3.05, 3.63) is 118 Å². The van der Waals surface area contributed by atoms with Crippen molar-refractivity contribution in [1.29, 1.82) is 0 Å². The molecule has 0 amide bonds. The highest BCUT2D eigenvalue weighted by atomic mass is 15.2. The molecule has 1 aromatic carbocycles. The summed E-state index contributed by atoms with van der Waals surface area (Å²) in [6, 6.07) is 25.5. The van der Waals surface area contributed by atoms with Crippen LogP contribution in [0.15, 0.2) is 83.0 Å². The van der Waals surface area contributed by atoms with Crippen molar-refractivity contribution >= 4 is 11.5 Å². The summed E-state index contributed by atoms with van der Waals surface area (Å²) in [7, 11) is 0. The van der Waals surface area contributed by atoms with Gasteiger partial charge in [-0.05, 0) is 96.1 Å². The summed E-state index contributed by atoms with van der Waals surface area (Å²) in [4.78, 5) is 15.1. The number of nitrogens with one attached hydrogen (secondary N) is 4. The summed E-state index contributed by atoms with van der Waals surface area (Å²) in [6.07, 6.45) is 0. The Labute approximate surface area is 236 Å². The summed E-state index contributed by atoms with van der Waals surface area (Å²) >= 11 is 0. The van der Waals surface area contributed by atoms with Crippen LogP contribution < -0.4 is 0 Å². The minimum absolute atomic E-state index is 0.224. The Morgan fingerprint density at radius 2 is 0.825 bits per heavy atom. The number of aromatic nitrogens is 4. The molecule has 6 heteroatoms. The van der Waals surface area contributed by atoms with Gasteiger partial charge >= 0.3 is 0 Å². The lowest BCUT2D eigenvalue weighted by Gasteiger charge is -2.28. The standard InChI is InChI=1S/C34H40N6/c1-31(2)22-20-29(38-30(22)40-39-21-12-10-9-11-13-21)34(7,8)28-19-18-27(37-28)33(5,6)26-17-16-25(36-26)32(3,4)24-15-14-23(31)35-24/h9-20,35-38H,1-8H3. The molecular weight excluding hydrogens is 492 g/mol. The molecule has 0 atom stereocenters. The topological polar surface area (TPSA) is 87.9 Å². The van der Waals surface area contributed by atoms with Crippen LogP contribution in [0.5, 0.6) is 0 Å². The Bertz CT molecular complexity index is 1700. The predicted octanol–water partition coefficient (Wildman–Crippen LogP) is 9.03. The average Bonchev–Trinajstić information content (AvgIpc) is 3.73. The van der Waals surface area contributed by atoms with Crippen molar-refractivity contribution < 1.29 is 0 Å². The predicted molar refractivity (Wildman–Crippen MR) is 162 cm³/mol. The van der Waals surface area contributed by atoms with Gasteiger partial charge in [0.25, 0.3) is 0 Å². The fourth-order valence-electron chi connectivity index (χ4n) is 5.89. The number of benzene rings is 1. The van der Waals surface area contributed by atoms with Gasteiger partial charge in [0.2, 0.25) is 0 Å². The maximum Gasteiger partial charge on any atom is 0.157 e. The first kappa shape index (κ1) is 26.2. The smallest absolute Gasteiger partial charge is 0.157 e. The van der Waals surface area contributed by atoms with Gasteiger partial charge in [0, 0.05) is 67.1 Å². The lowest BCUT2D eigenvalue weighted by Crippen LogP contribution is -2.25. The van der Waals surface area contributed by atoms with Gasteiger partial charge < -0.3 is 19.9 Å². The summed E-state index contributed by atoms with van der Waals surface area (Å²) < 4.78 is 0. The van der Waals surface area contributed by atoms with Gasteiger partial charge in [-0.15, -0.1) is 10.2 Å². The monoisotopic (exact) mass is 532 g/mol. The SMILES string of the molecule is CC1(C)c2ccc([nH]2)C(C)(C)c2ccc([nH]2)C(C)(C)c2cc([nH]c2N=Nc2ccccc2)C(C)(C)c2ccc1[nH]2. The number of hydrogen-bond donors (Lipinski definition) is 4. The largest absolute Gasteiger partial charge is 0.361 e. The third-order valence-electron chi connectivity index (χ3n) is 9.26. The molecule has 8 bridgehead atoms. The van der Waals surface area contributed by atoms with E-state index in [1.54, 1.807) is 0 Å². The molecule has 206 valence electrons. The normalized spacial score (nSPS) is 18.7. The zero-order valence-corrected chi connectivity index (χ0v) is 24.8. The number of nitrogens with zero attached hydrogens (tertiary/aromatic N) is 2. The molecule has 0 unspecified atom stereocenters. The molecule has 4 aromatic heterocycles. The summed E-state index contributed by atoms with van der Waals surface area (Å²) in [5.41, 5.74) is 8.87. The molecule has 0 aliphatic carbocycles. The highest BCUT2D eigenvalue weighted by Gasteiger charge is 2.37. The Kier molecular flexibility index (Phi) is 5.71. The van der Waals surface area contributed by atoms with E-state index < -0.39 is 0 Å². The highest BCUT2D eigenvalue weighted by Crippen LogP contribution is 2.44. The van der Waals surface area contributed by atoms with E-state index in [0.29, 0.717) is 0 Å². The minimum atomic E-state index is -0.356. The van der Waals surface area contributed by atoms with E-state index in [2.05, 4.69) is 123 Å². The van der Waals surface area contributed by atoms with E-state index in [0.717, 1.165) is 34.2 Å². The van der Waals surface area contributed by atoms with E-state index in [4.69, 9.17) is 5.11 Å². The van der Waals surface area contributed by atoms with Gasteiger partial charge in [-0.2, -0.15) is 0 Å². The van der Waals surface area contributed by atoms with E-state index in [1.807, 2.05) is 30.3 Å². The van der Waals surface area contributed by atoms with Crippen LogP contribution in [0.4, 0.5) is 11.5 Å². The van der Waals surface area contributed by atoms with Crippen molar-refractivity contribution in [3.63, 3.8) is 0 Å². The fourth-order valence-corrected chi connectivity index (χ4v) is 5.89. The molecule has 0 fully saturated rings. The second kappa shape index (κ2) is 8.72. The second-order valence-corrected chi connectivity index (χ2v) is 13.3. The Hall–Kier alpha value is -4.06. The van der Waals surface area contributed by atoms with Crippen LogP contribution in [0.2, 0.25) is 0 Å². The van der Waals surface area contributed by atoms with Crippen molar-refractivity contribution in [2.75, 3.05) is 0 Å². The average molecular weight is 533 g/mol. The van der Waals surface area contributed by atoms with Crippen LogP contribution in [0.25, 0.3) is 0 Å². The molecular formula is C34H40N6. The number of aromatic amines is 4. The van der Waals surface area contributed by atoms with Crippen molar-refractivity contribution in [2.24, 2.45) is 10.2 Å².